The van der Waals surface area contributed by atoms with Crippen molar-refractivity contribution in [3.05, 3.63) is 52.8 Å². The summed E-state index contributed by atoms with van der Waals surface area (Å²) in [4.78, 5) is 16.4. The normalized spacial score (nSPS) is 15.2. The van der Waals surface area contributed by atoms with Crippen LogP contribution < -0.4 is 10.2 Å². The van der Waals surface area contributed by atoms with E-state index in [0.29, 0.717) is 16.4 Å². The maximum atomic E-state index is 14.5. The molecule has 0 atom stereocenters. The van der Waals surface area contributed by atoms with Crippen LogP contribution in [0.25, 0.3) is 0 Å². The fourth-order valence-electron chi connectivity index (χ4n) is 2.78. The van der Waals surface area contributed by atoms with Crippen LogP contribution in [0.5, 0.6) is 5.75 Å². The van der Waals surface area contributed by atoms with Gasteiger partial charge in [0.2, 0.25) is 0 Å². The molecule has 132 valence electrons. The lowest BCUT2D eigenvalue weighted by Crippen LogP contribution is -2.44. The van der Waals surface area contributed by atoms with E-state index in [1.165, 1.54) is 24.3 Å². The second-order valence-electron chi connectivity index (χ2n) is 6.07. The van der Waals surface area contributed by atoms with E-state index in [0.717, 1.165) is 26.2 Å². The summed E-state index contributed by atoms with van der Waals surface area (Å²) in [7, 11) is 2.04. The van der Waals surface area contributed by atoms with Gasteiger partial charge >= 0.3 is 0 Å². The van der Waals surface area contributed by atoms with E-state index >= 15 is 0 Å². The van der Waals surface area contributed by atoms with Crippen molar-refractivity contribution in [2.45, 2.75) is 0 Å². The van der Waals surface area contributed by atoms with Gasteiger partial charge in [-0.25, -0.2) is 4.39 Å². The molecular formula is C18H19ClFN3O2. The average molecular weight is 364 g/mol. The monoisotopic (exact) mass is 363 g/mol. The predicted octanol–water partition coefficient (Wildman–Crippen LogP) is 3.19. The summed E-state index contributed by atoms with van der Waals surface area (Å²) >= 11 is 5.85. The molecule has 0 aromatic heterocycles. The highest BCUT2D eigenvalue weighted by Crippen LogP contribution is 2.26. The zero-order valence-corrected chi connectivity index (χ0v) is 14.6. The number of rotatable bonds is 3. The number of amides is 1. The number of nitrogens with one attached hydrogen (secondary N) is 1. The first-order valence-electron chi connectivity index (χ1n) is 7.97. The number of nitrogens with zero attached hydrogens (tertiary/aromatic N) is 2. The molecule has 1 aliphatic rings. The van der Waals surface area contributed by atoms with E-state index in [1.54, 1.807) is 12.1 Å². The second-order valence-corrected chi connectivity index (χ2v) is 6.51. The van der Waals surface area contributed by atoms with Crippen molar-refractivity contribution < 1.29 is 14.3 Å². The minimum absolute atomic E-state index is 0.0380. The number of carbonyl (C=O) groups excluding carboxylic acids is 1. The quantitative estimate of drug-likeness (QED) is 0.879. The molecule has 0 saturated carbocycles. The number of likely N-dealkylation sites (N-methyl/N-ethyl adjacent to an activating group) is 1. The molecule has 2 aromatic carbocycles. The predicted molar refractivity (Wildman–Crippen MR) is 97.2 cm³/mol. The molecule has 5 nitrogen and oxygen atoms in total. The molecule has 1 aliphatic heterocycles. The molecular weight excluding hydrogens is 345 g/mol. The maximum Gasteiger partial charge on any atom is 0.259 e. The van der Waals surface area contributed by atoms with Gasteiger partial charge in [0.05, 0.1) is 11.3 Å². The molecule has 1 amide bonds. The van der Waals surface area contributed by atoms with Crippen LogP contribution in [0.4, 0.5) is 15.8 Å². The number of hydrogen-bond donors (Lipinski definition) is 2. The van der Waals surface area contributed by atoms with Crippen LogP contribution in [0.2, 0.25) is 5.02 Å². The van der Waals surface area contributed by atoms with Gasteiger partial charge in [0.15, 0.2) is 0 Å². The van der Waals surface area contributed by atoms with Crippen LogP contribution in [0.1, 0.15) is 10.4 Å². The highest BCUT2D eigenvalue weighted by atomic mass is 35.5. The highest BCUT2D eigenvalue weighted by Gasteiger charge is 2.18. The smallest absolute Gasteiger partial charge is 0.259 e. The summed E-state index contributed by atoms with van der Waals surface area (Å²) in [5, 5.41) is 12.7. The third-order valence-corrected chi connectivity index (χ3v) is 4.49. The van der Waals surface area contributed by atoms with Gasteiger partial charge < -0.3 is 20.2 Å². The van der Waals surface area contributed by atoms with E-state index < -0.39 is 11.7 Å². The van der Waals surface area contributed by atoms with Gasteiger partial charge in [-0.3, -0.25) is 4.79 Å². The van der Waals surface area contributed by atoms with Gasteiger partial charge in [-0.05, 0) is 43.4 Å². The Balaban J connectivity index is 1.74. The minimum atomic E-state index is -0.549. The van der Waals surface area contributed by atoms with Crippen LogP contribution in [0.15, 0.2) is 36.4 Å². The summed E-state index contributed by atoms with van der Waals surface area (Å²) in [5.41, 5.74) is 0.882. The molecule has 0 spiro atoms. The standard InChI is InChI=1S/C18H19ClFN3O2/c1-22-6-8-23(9-7-22)16-4-3-13(11-15(16)20)21-18(25)14-10-12(19)2-5-17(14)24/h2-5,10-11,24H,6-9H2,1H3,(H,21,25). The molecule has 0 unspecified atom stereocenters. The molecule has 1 saturated heterocycles. The molecule has 1 fully saturated rings. The molecule has 0 radical (unpaired) electrons. The number of aromatic hydroxyl groups is 1. The topological polar surface area (TPSA) is 55.8 Å². The van der Waals surface area contributed by atoms with E-state index in [-0.39, 0.29) is 11.3 Å². The first-order valence-corrected chi connectivity index (χ1v) is 8.35. The summed E-state index contributed by atoms with van der Waals surface area (Å²) in [6.07, 6.45) is 0. The zero-order chi connectivity index (χ0) is 18.0. The Bertz CT molecular complexity index is 792. The molecule has 2 N–H and O–H groups in total. The third kappa shape index (κ3) is 4.03. The van der Waals surface area contributed by atoms with Crippen LogP contribution in [0, 0.1) is 5.82 Å². The number of hydrogen-bond acceptors (Lipinski definition) is 4. The Morgan fingerprint density at radius 3 is 2.56 bits per heavy atom. The van der Waals surface area contributed by atoms with Crippen LogP contribution in [-0.4, -0.2) is 49.1 Å². The zero-order valence-electron chi connectivity index (χ0n) is 13.8. The number of anilines is 2. The lowest BCUT2D eigenvalue weighted by molar-refractivity contribution is 0.102. The van der Waals surface area contributed by atoms with Gasteiger partial charge in [0.1, 0.15) is 11.6 Å². The number of carbonyl (C=O) groups is 1. The number of halogens is 2. The average Bonchev–Trinajstić information content (AvgIpc) is 2.58. The van der Waals surface area contributed by atoms with Crippen LogP contribution >= 0.6 is 11.6 Å². The summed E-state index contributed by atoms with van der Waals surface area (Å²) in [6.45, 7) is 3.28. The molecule has 0 bridgehead atoms. The molecule has 7 heteroatoms. The van der Waals surface area contributed by atoms with E-state index in [2.05, 4.69) is 10.2 Å². The van der Waals surface area contributed by atoms with Crippen LogP contribution in [0.3, 0.4) is 0 Å². The maximum absolute atomic E-state index is 14.5. The van der Waals surface area contributed by atoms with Crippen molar-refractivity contribution >= 4 is 28.9 Å². The molecule has 2 aromatic rings. The second kappa shape index (κ2) is 7.29. The number of phenolic OH excluding ortho intramolecular Hbond substituents is 1. The van der Waals surface area contributed by atoms with Gasteiger partial charge in [-0.2, -0.15) is 0 Å². The van der Waals surface area contributed by atoms with Crippen molar-refractivity contribution in [2.75, 3.05) is 43.4 Å². The Hall–Kier alpha value is -2.31. The van der Waals surface area contributed by atoms with Crippen molar-refractivity contribution in [3.8, 4) is 5.75 Å². The lowest BCUT2D eigenvalue weighted by atomic mass is 10.1. The molecule has 3 rings (SSSR count). The Morgan fingerprint density at radius 1 is 1.16 bits per heavy atom. The molecule has 25 heavy (non-hydrogen) atoms. The van der Waals surface area contributed by atoms with Crippen molar-refractivity contribution in [1.29, 1.82) is 0 Å². The Kier molecular flexibility index (Phi) is 5.11. The third-order valence-electron chi connectivity index (χ3n) is 4.25. The van der Waals surface area contributed by atoms with Crippen molar-refractivity contribution in [3.63, 3.8) is 0 Å². The van der Waals surface area contributed by atoms with E-state index in [9.17, 15) is 14.3 Å². The number of benzene rings is 2. The fourth-order valence-corrected chi connectivity index (χ4v) is 2.95. The lowest BCUT2D eigenvalue weighted by Gasteiger charge is -2.34. The minimum Gasteiger partial charge on any atom is -0.507 e. The summed E-state index contributed by atoms with van der Waals surface area (Å²) < 4.78 is 14.5. The number of phenols is 1. The van der Waals surface area contributed by atoms with Crippen LogP contribution in [-0.2, 0) is 0 Å². The number of piperazine rings is 1. The van der Waals surface area contributed by atoms with Gasteiger partial charge in [-0.1, -0.05) is 11.6 Å². The molecule has 1 heterocycles. The molecule has 0 aliphatic carbocycles. The summed E-state index contributed by atoms with van der Waals surface area (Å²) in [5.74, 6) is -1.12. The van der Waals surface area contributed by atoms with E-state index in [1.807, 2.05) is 11.9 Å². The van der Waals surface area contributed by atoms with Crippen molar-refractivity contribution in [2.24, 2.45) is 0 Å². The van der Waals surface area contributed by atoms with Gasteiger partial charge in [-0.15, -0.1) is 0 Å². The first kappa shape index (κ1) is 17.5. The van der Waals surface area contributed by atoms with E-state index in [4.69, 9.17) is 11.6 Å². The Labute approximate surface area is 150 Å². The Morgan fingerprint density at radius 2 is 1.88 bits per heavy atom. The van der Waals surface area contributed by atoms with Gasteiger partial charge in [0, 0.05) is 36.9 Å². The largest absolute Gasteiger partial charge is 0.507 e. The fraction of sp³-hybridized carbons (Fsp3) is 0.278. The SMILES string of the molecule is CN1CCN(c2ccc(NC(=O)c3cc(Cl)ccc3O)cc2F)CC1. The first-order chi connectivity index (χ1) is 11.9. The summed E-state index contributed by atoms with van der Waals surface area (Å²) in [6, 6.07) is 8.78. The van der Waals surface area contributed by atoms with Crippen molar-refractivity contribution in [1.82, 2.24) is 4.90 Å². The van der Waals surface area contributed by atoms with Gasteiger partial charge in [0.25, 0.3) is 5.91 Å². The highest BCUT2D eigenvalue weighted by molar-refractivity contribution is 6.31.